The second-order valence-corrected chi connectivity index (χ2v) is 9.89. The van der Waals surface area contributed by atoms with Crippen molar-refractivity contribution >= 4 is 15.2 Å². The Morgan fingerprint density at radius 1 is 0.958 bits per heavy atom. The van der Waals surface area contributed by atoms with Crippen LogP contribution in [0.1, 0.15) is 47.0 Å². The molecule has 142 valence electrons. The van der Waals surface area contributed by atoms with E-state index in [0.717, 1.165) is 19.3 Å². The van der Waals surface area contributed by atoms with Gasteiger partial charge in [-0.3, -0.25) is 14.4 Å². The molecule has 9 heteroatoms. The highest BCUT2D eigenvalue weighted by Crippen LogP contribution is 2.69. The molecule has 0 aromatic rings. The van der Waals surface area contributed by atoms with Crippen LogP contribution in [0.3, 0.4) is 0 Å². The first-order valence-electron chi connectivity index (χ1n) is 8.66. The van der Waals surface area contributed by atoms with Crippen molar-refractivity contribution in [3.05, 3.63) is 12.2 Å². The van der Waals surface area contributed by atoms with E-state index in [9.17, 15) is 9.13 Å². The second-order valence-electron chi connectivity index (χ2n) is 5.26. The summed E-state index contributed by atoms with van der Waals surface area (Å²) in [5.74, 6) is 0. The maximum Gasteiger partial charge on any atom is 0.359 e. The summed E-state index contributed by atoms with van der Waals surface area (Å²) >= 11 is 0. The number of rotatable bonds is 12. The molecule has 1 rings (SSSR count). The lowest BCUT2D eigenvalue weighted by atomic mass is 10.0. The Bertz CT molecular complexity index is 435. The first kappa shape index (κ1) is 22.0. The van der Waals surface area contributed by atoms with Gasteiger partial charge in [-0.15, -0.1) is 0 Å². The molecular formula is C15H31NO6P2. The highest BCUT2D eigenvalue weighted by molar-refractivity contribution is 7.72. The summed E-state index contributed by atoms with van der Waals surface area (Å²) in [5, 5.41) is 3.16. The van der Waals surface area contributed by atoms with Crippen LogP contribution in [0.5, 0.6) is 0 Å². The Hall–Kier alpha value is -0.0000000000000000416. The summed E-state index contributed by atoms with van der Waals surface area (Å²) in [6.07, 6.45) is 6.90. The van der Waals surface area contributed by atoms with Crippen molar-refractivity contribution in [2.75, 3.05) is 26.4 Å². The first-order valence-corrected chi connectivity index (χ1v) is 11.9. The molecule has 1 unspecified atom stereocenters. The Kier molecular flexibility index (Phi) is 9.98. The molecule has 0 heterocycles. The monoisotopic (exact) mass is 383 g/mol. The fourth-order valence-electron chi connectivity index (χ4n) is 2.58. The SMILES string of the molecule is CCOP(=O)(OCC)C(NC1C=CCCC1)P(=O)(OCC)OCC. The van der Waals surface area contributed by atoms with E-state index in [1.165, 1.54) is 0 Å². The molecule has 0 spiro atoms. The third-order valence-electron chi connectivity index (χ3n) is 3.45. The molecule has 0 amide bonds. The van der Waals surface area contributed by atoms with Crippen LogP contribution in [0.15, 0.2) is 12.2 Å². The van der Waals surface area contributed by atoms with E-state index in [2.05, 4.69) is 11.4 Å². The summed E-state index contributed by atoms with van der Waals surface area (Å²) in [4.78, 5) is 0. The minimum atomic E-state index is -3.74. The minimum Gasteiger partial charge on any atom is -0.307 e. The molecule has 1 aliphatic rings. The maximum atomic E-state index is 13.3. The molecule has 1 atom stereocenters. The fraction of sp³-hybridized carbons (Fsp3) is 0.867. The number of hydrogen-bond donors (Lipinski definition) is 1. The summed E-state index contributed by atoms with van der Waals surface area (Å²) in [7, 11) is -7.47. The first-order chi connectivity index (χ1) is 11.5. The van der Waals surface area contributed by atoms with Crippen molar-refractivity contribution in [1.29, 1.82) is 0 Å². The van der Waals surface area contributed by atoms with Gasteiger partial charge < -0.3 is 18.1 Å². The van der Waals surface area contributed by atoms with Gasteiger partial charge in [0.1, 0.15) is 0 Å². The van der Waals surface area contributed by atoms with Gasteiger partial charge in [0.15, 0.2) is 0 Å². The molecular weight excluding hydrogens is 352 g/mol. The van der Waals surface area contributed by atoms with E-state index in [0.29, 0.717) is 0 Å². The normalized spacial score (nSPS) is 19.1. The van der Waals surface area contributed by atoms with Crippen LogP contribution < -0.4 is 5.32 Å². The maximum absolute atomic E-state index is 13.3. The summed E-state index contributed by atoms with van der Waals surface area (Å²) in [6.45, 7) is 7.57. The van der Waals surface area contributed by atoms with Gasteiger partial charge in [0.25, 0.3) is 0 Å². The predicted molar refractivity (Wildman–Crippen MR) is 95.4 cm³/mol. The Labute approximate surface area is 145 Å². The van der Waals surface area contributed by atoms with Crippen molar-refractivity contribution in [1.82, 2.24) is 5.32 Å². The summed E-state index contributed by atoms with van der Waals surface area (Å²) < 4.78 is 48.3. The summed E-state index contributed by atoms with van der Waals surface area (Å²) in [6, 6.07) is -0.0766. The van der Waals surface area contributed by atoms with Crippen LogP contribution in [-0.4, -0.2) is 38.0 Å². The van der Waals surface area contributed by atoms with E-state index >= 15 is 0 Å². The lowest BCUT2D eigenvalue weighted by Crippen LogP contribution is -2.39. The molecule has 1 aliphatic carbocycles. The number of allylic oxidation sites excluding steroid dienone is 1. The van der Waals surface area contributed by atoms with Crippen molar-refractivity contribution in [3.63, 3.8) is 0 Å². The van der Waals surface area contributed by atoms with Crippen LogP contribution in [0.25, 0.3) is 0 Å². The van der Waals surface area contributed by atoms with Gasteiger partial charge in [-0.1, -0.05) is 12.2 Å². The molecule has 24 heavy (non-hydrogen) atoms. The Morgan fingerprint density at radius 3 is 1.75 bits per heavy atom. The van der Waals surface area contributed by atoms with Crippen LogP contribution in [0, 0.1) is 0 Å². The standard InChI is InChI=1S/C15H31NO6P2/c1-5-19-23(17,20-6-2)15(16-14-12-10-9-11-13-14)24(18,21-7-3)22-8-4/h10,12,14-16H,5-9,11,13H2,1-4H3. The van der Waals surface area contributed by atoms with Gasteiger partial charge in [-0.2, -0.15) is 0 Å². The zero-order valence-electron chi connectivity index (χ0n) is 15.1. The molecule has 0 aromatic heterocycles. The lowest BCUT2D eigenvalue weighted by molar-refractivity contribution is 0.188. The van der Waals surface area contributed by atoms with Crippen LogP contribution in [-0.2, 0) is 27.2 Å². The molecule has 7 nitrogen and oxygen atoms in total. The zero-order valence-corrected chi connectivity index (χ0v) is 16.9. The Morgan fingerprint density at radius 2 is 1.42 bits per heavy atom. The van der Waals surface area contributed by atoms with E-state index in [1.54, 1.807) is 27.7 Å². The van der Waals surface area contributed by atoms with Gasteiger partial charge in [0.2, 0.25) is 5.52 Å². The quantitative estimate of drug-likeness (QED) is 0.392. The average molecular weight is 383 g/mol. The van der Waals surface area contributed by atoms with Crippen molar-refractivity contribution in [3.8, 4) is 0 Å². The Balaban J connectivity index is 3.20. The predicted octanol–water partition coefficient (Wildman–Crippen LogP) is 4.50. The zero-order chi connectivity index (χ0) is 18.1. The molecule has 0 aliphatic heterocycles. The van der Waals surface area contributed by atoms with Gasteiger partial charge in [0.05, 0.1) is 26.4 Å². The molecule has 0 aromatic carbocycles. The average Bonchev–Trinajstić information content (AvgIpc) is 2.54. The lowest BCUT2D eigenvalue weighted by Gasteiger charge is -2.34. The van der Waals surface area contributed by atoms with Gasteiger partial charge in [-0.05, 0) is 47.0 Å². The van der Waals surface area contributed by atoms with E-state index in [-0.39, 0.29) is 32.5 Å². The van der Waals surface area contributed by atoms with Crippen LogP contribution in [0.2, 0.25) is 0 Å². The third kappa shape index (κ3) is 6.06. The second kappa shape index (κ2) is 10.9. The van der Waals surface area contributed by atoms with E-state index < -0.39 is 20.7 Å². The van der Waals surface area contributed by atoms with Crippen LogP contribution >= 0.6 is 15.2 Å². The van der Waals surface area contributed by atoms with Crippen molar-refractivity contribution in [2.24, 2.45) is 0 Å². The van der Waals surface area contributed by atoms with E-state index in [4.69, 9.17) is 18.1 Å². The largest absolute Gasteiger partial charge is 0.359 e. The smallest absolute Gasteiger partial charge is 0.307 e. The van der Waals surface area contributed by atoms with Crippen molar-refractivity contribution in [2.45, 2.75) is 58.5 Å². The topological polar surface area (TPSA) is 83.1 Å². The van der Waals surface area contributed by atoms with Gasteiger partial charge in [-0.25, -0.2) is 0 Å². The van der Waals surface area contributed by atoms with Crippen molar-refractivity contribution < 1.29 is 27.2 Å². The third-order valence-corrected chi connectivity index (χ3v) is 9.12. The highest BCUT2D eigenvalue weighted by atomic mass is 31.2. The molecule has 0 saturated carbocycles. The number of nitrogens with one attached hydrogen (secondary N) is 1. The summed E-state index contributed by atoms with van der Waals surface area (Å²) in [5.41, 5.74) is -1.16. The molecule has 0 saturated heterocycles. The fourth-order valence-corrected chi connectivity index (χ4v) is 7.66. The van der Waals surface area contributed by atoms with Gasteiger partial charge in [0, 0.05) is 6.04 Å². The minimum absolute atomic E-state index is 0.0766. The molecule has 0 fully saturated rings. The number of hydrogen-bond acceptors (Lipinski definition) is 7. The molecule has 1 N–H and O–H groups in total. The highest BCUT2D eigenvalue weighted by Gasteiger charge is 2.51. The molecule has 0 radical (unpaired) electrons. The van der Waals surface area contributed by atoms with E-state index in [1.807, 2.05) is 6.08 Å². The van der Waals surface area contributed by atoms with Gasteiger partial charge >= 0.3 is 15.2 Å². The molecule has 0 bridgehead atoms. The van der Waals surface area contributed by atoms with Crippen LogP contribution in [0.4, 0.5) is 0 Å².